The molecule has 0 aromatic carbocycles. The fourth-order valence-electron chi connectivity index (χ4n) is 8.78. The minimum absolute atomic E-state index is 0.133. The maximum absolute atomic E-state index is 13.1. The molecule has 366 valence electrons. The Morgan fingerprint density at radius 2 is 0.934 bits per heavy atom. The minimum atomic E-state index is -1.55. The molecule has 0 spiro atoms. The maximum Gasteiger partial charge on any atom is 0.220 e. The number of hydrogen-bond donors (Lipinski definition) is 6. The Balaban J connectivity index is 2.30. The summed E-state index contributed by atoms with van der Waals surface area (Å²) >= 11 is 0. The van der Waals surface area contributed by atoms with Crippen molar-refractivity contribution in [2.45, 2.75) is 281 Å². The van der Waals surface area contributed by atoms with Gasteiger partial charge in [0.05, 0.1) is 25.4 Å². The van der Waals surface area contributed by atoms with Gasteiger partial charge in [-0.25, -0.2) is 10.0 Å². The topological polar surface area (TPSA) is 149 Å². The smallest absolute Gasteiger partial charge is 0.220 e. The number of hydrogen-bond acceptors (Lipinski definition) is 8. The van der Waals surface area contributed by atoms with Crippen molar-refractivity contribution in [3.8, 4) is 0 Å². The Kier molecular flexibility index (Phi) is 38.3. The Hall–Kier alpha value is -0.460. The molecule has 1 rings (SSSR count). The molecule has 1 amide bonds. The second-order valence-electron chi connectivity index (χ2n) is 19.4. The van der Waals surface area contributed by atoms with E-state index in [1.54, 1.807) is 0 Å². The molecule has 0 bridgehead atoms. The standard InChI is InChI=1S/C51H103NO8S/c1-5-7-9-11-13-15-17-19-20-22-24-26-28-32-36-40-61(3,4)41-37-33-29-31-35-39-47(55)52-44(43-59-51-50(58)49(57)48(56)46(42-53)60-51)45(54)38-34-30-27-25-23-21-18-16-14-12-10-8-6-2/h44-46,48-51,53-54,56-58H,5-43H2,1-4H3,(H,52,55)/t44-,45+,46?,48?,49?,50?,51?/m0/s1. The molecule has 0 aromatic rings. The van der Waals surface area contributed by atoms with Crippen molar-refractivity contribution in [3.05, 3.63) is 0 Å². The fourth-order valence-corrected chi connectivity index (χ4v) is 11.0. The largest absolute Gasteiger partial charge is 0.394 e. The van der Waals surface area contributed by atoms with Crippen LogP contribution in [0.25, 0.3) is 0 Å². The molecule has 0 radical (unpaired) electrons. The van der Waals surface area contributed by atoms with Crippen LogP contribution in [0.3, 0.4) is 0 Å². The second kappa shape index (κ2) is 39.9. The average Bonchev–Trinajstić information content (AvgIpc) is 3.24. The van der Waals surface area contributed by atoms with Gasteiger partial charge in [0.15, 0.2) is 6.29 Å². The van der Waals surface area contributed by atoms with Crippen LogP contribution in [0.1, 0.15) is 239 Å². The lowest BCUT2D eigenvalue weighted by molar-refractivity contribution is -0.302. The SMILES string of the molecule is CCCCCCCCCCCCCCCCCS(C)(C)CCCCCCCC(=O)N[C@@H](COC1OC(CO)C(O)C(O)C1O)[C@H](O)CCCCCCCCCCCCCCC. The fraction of sp³-hybridized carbons (Fsp3) is 0.980. The summed E-state index contributed by atoms with van der Waals surface area (Å²) in [5.74, 6) is 2.58. The van der Waals surface area contributed by atoms with Gasteiger partial charge < -0.3 is 40.3 Å². The Morgan fingerprint density at radius 3 is 1.34 bits per heavy atom. The number of carbonyl (C=O) groups excluding carboxylic acids is 1. The summed E-state index contributed by atoms with van der Waals surface area (Å²) < 4.78 is 11.3. The van der Waals surface area contributed by atoms with Crippen LogP contribution in [0.15, 0.2) is 0 Å². The summed E-state index contributed by atoms with van der Waals surface area (Å²) in [6, 6.07) is -0.716. The quantitative estimate of drug-likeness (QED) is 0.0331. The van der Waals surface area contributed by atoms with E-state index in [9.17, 15) is 30.3 Å². The summed E-state index contributed by atoms with van der Waals surface area (Å²) in [6.07, 6.45) is 40.7. The van der Waals surface area contributed by atoms with Crippen LogP contribution < -0.4 is 5.32 Å². The highest BCUT2D eigenvalue weighted by Crippen LogP contribution is 2.42. The lowest BCUT2D eigenvalue weighted by atomic mass is 9.99. The van der Waals surface area contributed by atoms with E-state index in [2.05, 4.69) is 31.7 Å². The third kappa shape index (κ3) is 32.0. The molecule has 5 unspecified atom stereocenters. The number of carbonyl (C=O) groups is 1. The van der Waals surface area contributed by atoms with Crippen LogP contribution in [-0.4, -0.2) is 112 Å². The lowest BCUT2D eigenvalue weighted by Crippen LogP contribution is -2.60. The molecule has 1 saturated heterocycles. The van der Waals surface area contributed by atoms with Crippen molar-refractivity contribution >= 4 is 15.9 Å². The number of unbranched alkanes of at least 4 members (excludes halogenated alkanes) is 30. The van der Waals surface area contributed by atoms with Crippen LogP contribution in [0, 0.1) is 0 Å². The number of aliphatic hydroxyl groups excluding tert-OH is 5. The van der Waals surface area contributed by atoms with E-state index in [0.29, 0.717) is 12.8 Å². The summed E-state index contributed by atoms with van der Waals surface area (Å²) in [7, 11) is -0.538. The highest BCUT2D eigenvalue weighted by molar-refractivity contribution is 8.32. The van der Waals surface area contributed by atoms with Gasteiger partial charge in [-0.3, -0.25) is 4.79 Å². The summed E-state index contributed by atoms with van der Waals surface area (Å²) in [6.45, 7) is 3.86. The molecule has 0 aromatic heterocycles. The van der Waals surface area contributed by atoms with Crippen molar-refractivity contribution < 1.29 is 39.8 Å². The van der Waals surface area contributed by atoms with Crippen molar-refractivity contribution in [2.75, 3.05) is 37.2 Å². The highest BCUT2D eigenvalue weighted by Gasteiger charge is 2.44. The normalized spacial score (nSPS) is 20.8. The third-order valence-electron chi connectivity index (χ3n) is 13.1. The number of ether oxygens (including phenoxy) is 2. The van der Waals surface area contributed by atoms with Crippen molar-refractivity contribution in [3.63, 3.8) is 0 Å². The number of aliphatic hydroxyl groups is 5. The van der Waals surface area contributed by atoms with Gasteiger partial charge in [0.2, 0.25) is 5.91 Å². The van der Waals surface area contributed by atoms with Crippen LogP contribution in [0.2, 0.25) is 0 Å². The van der Waals surface area contributed by atoms with Gasteiger partial charge in [-0.05, 0) is 49.7 Å². The van der Waals surface area contributed by atoms with Crippen molar-refractivity contribution in [1.29, 1.82) is 0 Å². The van der Waals surface area contributed by atoms with Crippen LogP contribution in [0.5, 0.6) is 0 Å². The molecule has 1 aliphatic rings. The van der Waals surface area contributed by atoms with Gasteiger partial charge in [-0.2, -0.15) is 0 Å². The first kappa shape index (κ1) is 58.6. The zero-order valence-electron chi connectivity index (χ0n) is 40.5. The molecule has 61 heavy (non-hydrogen) atoms. The third-order valence-corrected chi connectivity index (χ3v) is 15.9. The predicted molar refractivity (Wildman–Crippen MR) is 260 cm³/mol. The zero-order chi connectivity index (χ0) is 44.8. The average molecular weight is 890 g/mol. The van der Waals surface area contributed by atoms with Gasteiger partial charge in [0.1, 0.15) is 24.4 Å². The molecule has 1 heterocycles. The van der Waals surface area contributed by atoms with E-state index >= 15 is 0 Å². The van der Waals surface area contributed by atoms with E-state index in [1.807, 2.05) is 0 Å². The van der Waals surface area contributed by atoms with Crippen LogP contribution in [0.4, 0.5) is 0 Å². The van der Waals surface area contributed by atoms with Gasteiger partial charge in [0.25, 0.3) is 0 Å². The molecule has 10 heteroatoms. The first-order valence-corrected chi connectivity index (χ1v) is 28.9. The van der Waals surface area contributed by atoms with E-state index < -0.39 is 59.5 Å². The summed E-state index contributed by atoms with van der Waals surface area (Å²) in [5, 5.41) is 54.6. The zero-order valence-corrected chi connectivity index (χ0v) is 41.3. The molecular weight excluding hydrogens is 787 g/mol. The maximum atomic E-state index is 13.1. The Morgan fingerprint density at radius 1 is 0.557 bits per heavy atom. The van der Waals surface area contributed by atoms with E-state index in [1.165, 1.54) is 185 Å². The van der Waals surface area contributed by atoms with Crippen LogP contribution >= 0.6 is 10.0 Å². The van der Waals surface area contributed by atoms with E-state index in [-0.39, 0.29) is 12.5 Å². The molecule has 0 aliphatic carbocycles. The first-order chi connectivity index (χ1) is 29.6. The Bertz CT molecular complexity index is 973. The molecule has 7 atom stereocenters. The molecule has 1 aliphatic heterocycles. The number of nitrogens with one attached hydrogen (secondary N) is 1. The lowest BCUT2D eigenvalue weighted by Gasteiger charge is -2.40. The number of amides is 1. The van der Waals surface area contributed by atoms with E-state index in [0.717, 1.165) is 38.5 Å². The number of rotatable bonds is 44. The van der Waals surface area contributed by atoms with E-state index in [4.69, 9.17) is 9.47 Å². The first-order valence-electron chi connectivity index (χ1n) is 26.1. The molecule has 0 saturated carbocycles. The van der Waals surface area contributed by atoms with Gasteiger partial charge in [0, 0.05) is 6.42 Å². The monoisotopic (exact) mass is 890 g/mol. The molecular formula is C51H103NO8S. The van der Waals surface area contributed by atoms with Crippen molar-refractivity contribution in [2.24, 2.45) is 0 Å². The van der Waals surface area contributed by atoms with Gasteiger partial charge in [-0.15, -0.1) is 0 Å². The molecule has 1 fully saturated rings. The Labute approximate surface area is 378 Å². The summed E-state index contributed by atoms with van der Waals surface area (Å²) in [5.41, 5.74) is 0. The van der Waals surface area contributed by atoms with Crippen molar-refractivity contribution in [1.82, 2.24) is 5.32 Å². The molecule has 6 N–H and O–H groups in total. The second-order valence-corrected chi connectivity index (χ2v) is 23.8. The predicted octanol–water partition coefficient (Wildman–Crippen LogP) is 11.4. The van der Waals surface area contributed by atoms with Gasteiger partial charge >= 0.3 is 0 Å². The summed E-state index contributed by atoms with van der Waals surface area (Å²) in [4.78, 5) is 13.1. The van der Waals surface area contributed by atoms with Gasteiger partial charge in [-0.1, -0.05) is 206 Å². The minimum Gasteiger partial charge on any atom is -0.394 e. The highest BCUT2D eigenvalue weighted by atomic mass is 32.3. The van der Waals surface area contributed by atoms with Crippen LogP contribution in [-0.2, 0) is 14.3 Å². The molecule has 9 nitrogen and oxygen atoms in total.